The molecule has 0 fully saturated rings. The zero-order chi connectivity index (χ0) is 12.1. The maximum absolute atomic E-state index is 11.5. The molecule has 90 valence electrons. The third-order valence-electron chi connectivity index (χ3n) is 4.62. The van der Waals surface area contributed by atoms with Gasteiger partial charge in [0.15, 0.2) is 5.78 Å². The fourth-order valence-electron chi connectivity index (χ4n) is 3.72. The van der Waals surface area contributed by atoms with Crippen LogP contribution >= 0.6 is 0 Å². The molecule has 0 aromatic heterocycles. The lowest BCUT2D eigenvalue weighted by Crippen LogP contribution is -2.30. The molecule has 1 atom stereocenters. The Balaban J connectivity index is 2.07. The van der Waals surface area contributed by atoms with E-state index in [4.69, 9.17) is 0 Å². The molecule has 1 aromatic carbocycles. The highest BCUT2D eigenvalue weighted by molar-refractivity contribution is 6.07. The largest absolute Gasteiger partial charge is 0.295 e. The van der Waals surface area contributed by atoms with Crippen molar-refractivity contribution in [1.82, 2.24) is 0 Å². The SMILES string of the molecule is O=C1C=c2ccc3c(c2CC1)CCC1CC=CC=31. The number of hydrogen-bond donors (Lipinski definition) is 0. The normalized spacial score (nSPS) is 24.3. The summed E-state index contributed by atoms with van der Waals surface area (Å²) in [6.07, 6.45) is 11.8. The first kappa shape index (κ1) is 10.3. The molecule has 18 heavy (non-hydrogen) atoms. The lowest BCUT2D eigenvalue weighted by molar-refractivity contribution is -0.113. The number of fused-ring (bicyclic) bond motifs is 4. The molecule has 0 bridgehead atoms. The molecular formula is C17H16O. The van der Waals surface area contributed by atoms with Gasteiger partial charge in [-0.3, -0.25) is 4.79 Å². The summed E-state index contributed by atoms with van der Waals surface area (Å²) in [6.45, 7) is 0. The number of ketones is 1. The molecule has 4 rings (SSSR count). The maximum Gasteiger partial charge on any atom is 0.156 e. The van der Waals surface area contributed by atoms with Crippen LogP contribution in [0.4, 0.5) is 0 Å². The predicted octanol–water partition coefficient (Wildman–Crippen LogP) is 1.66. The van der Waals surface area contributed by atoms with Gasteiger partial charge < -0.3 is 0 Å². The summed E-state index contributed by atoms with van der Waals surface area (Å²) in [7, 11) is 0. The Bertz CT molecular complexity index is 691. The van der Waals surface area contributed by atoms with Gasteiger partial charge in [0.25, 0.3) is 0 Å². The van der Waals surface area contributed by atoms with Crippen molar-refractivity contribution < 1.29 is 4.79 Å². The highest BCUT2D eigenvalue weighted by Gasteiger charge is 2.24. The Morgan fingerprint density at radius 1 is 1.06 bits per heavy atom. The standard InChI is InChI=1S/C17H16O/c18-13-6-9-15-12(10-13)5-8-16-14-3-1-2-11(14)4-7-17(15)16/h1,3,5,8,10-11H,2,4,6-7,9H2. The Hall–Kier alpha value is -1.63. The van der Waals surface area contributed by atoms with Crippen LogP contribution in [0, 0.1) is 5.92 Å². The number of allylic oxidation sites excluding steroid dienone is 2. The molecular weight excluding hydrogens is 220 g/mol. The van der Waals surface area contributed by atoms with E-state index in [2.05, 4.69) is 24.3 Å². The summed E-state index contributed by atoms with van der Waals surface area (Å²) in [4.78, 5) is 11.5. The van der Waals surface area contributed by atoms with Crippen LogP contribution in [-0.4, -0.2) is 5.78 Å². The minimum atomic E-state index is 0.282. The van der Waals surface area contributed by atoms with E-state index >= 15 is 0 Å². The van der Waals surface area contributed by atoms with Crippen molar-refractivity contribution in [3.05, 3.63) is 45.8 Å². The van der Waals surface area contributed by atoms with Gasteiger partial charge in [0.1, 0.15) is 0 Å². The van der Waals surface area contributed by atoms with Crippen molar-refractivity contribution in [3.8, 4) is 0 Å². The first-order chi connectivity index (χ1) is 8.83. The predicted molar refractivity (Wildman–Crippen MR) is 72.5 cm³/mol. The van der Waals surface area contributed by atoms with Gasteiger partial charge in [0, 0.05) is 6.42 Å². The van der Waals surface area contributed by atoms with Crippen molar-refractivity contribution in [2.24, 2.45) is 5.92 Å². The molecule has 0 spiro atoms. The third-order valence-corrected chi connectivity index (χ3v) is 4.62. The molecule has 1 aromatic rings. The molecule has 0 amide bonds. The number of hydrogen-bond acceptors (Lipinski definition) is 1. The van der Waals surface area contributed by atoms with Crippen LogP contribution in [0.25, 0.3) is 11.6 Å². The Labute approximate surface area is 107 Å². The van der Waals surface area contributed by atoms with Gasteiger partial charge >= 0.3 is 0 Å². The summed E-state index contributed by atoms with van der Waals surface area (Å²) < 4.78 is 0. The molecule has 3 aliphatic carbocycles. The number of rotatable bonds is 0. The number of Topliss-reactive ketones (excluding diaryl/α,β-unsaturated/α-hetero) is 1. The van der Waals surface area contributed by atoms with E-state index in [0.29, 0.717) is 6.42 Å². The molecule has 1 nitrogen and oxygen atoms in total. The molecule has 1 heteroatoms. The van der Waals surface area contributed by atoms with Crippen LogP contribution in [0.1, 0.15) is 30.4 Å². The van der Waals surface area contributed by atoms with E-state index in [1.54, 1.807) is 0 Å². The van der Waals surface area contributed by atoms with Crippen LogP contribution in [0.15, 0.2) is 24.3 Å². The van der Waals surface area contributed by atoms with Gasteiger partial charge in [-0.25, -0.2) is 0 Å². The van der Waals surface area contributed by atoms with Gasteiger partial charge in [0.05, 0.1) is 0 Å². The summed E-state index contributed by atoms with van der Waals surface area (Å²) >= 11 is 0. The van der Waals surface area contributed by atoms with Gasteiger partial charge in [0.2, 0.25) is 0 Å². The number of carbonyl (C=O) groups excluding carboxylic acids is 1. The molecule has 0 saturated heterocycles. The fraction of sp³-hybridized carbons (Fsp3) is 0.353. The molecule has 0 saturated carbocycles. The second-order valence-corrected chi connectivity index (χ2v) is 5.60. The third kappa shape index (κ3) is 1.37. The quantitative estimate of drug-likeness (QED) is 0.669. The molecule has 3 aliphatic rings. The molecule has 1 unspecified atom stereocenters. The van der Waals surface area contributed by atoms with E-state index in [0.717, 1.165) is 12.3 Å². The fourth-order valence-corrected chi connectivity index (χ4v) is 3.72. The van der Waals surface area contributed by atoms with Gasteiger partial charge in [-0.2, -0.15) is 0 Å². The number of carbonyl (C=O) groups is 1. The van der Waals surface area contributed by atoms with Crippen LogP contribution in [0.3, 0.4) is 0 Å². The average Bonchev–Trinajstić information content (AvgIpc) is 2.86. The second-order valence-electron chi connectivity index (χ2n) is 5.60. The van der Waals surface area contributed by atoms with Gasteiger partial charge in [-0.1, -0.05) is 24.3 Å². The second kappa shape index (κ2) is 3.68. The summed E-state index contributed by atoms with van der Waals surface area (Å²) in [5.74, 6) is 1.04. The van der Waals surface area contributed by atoms with E-state index in [1.807, 2.05) is 6.08 Å². The lowest BCUT2D eigenvalue weighted by Gasteiger charge is -2.23. The monoisotopic (exact) mass is 236 g/mol. The Morgan fingerprint density at radius 2 is 2.00 bits per heavy atom. The first-order valence-corrected chi connectivity index (χ1v) is 6.89. The van der Waals surface area contributed by atoms with Crippen molar-refractivity contribution >= 4 is 17.4 Å². The zero-order valence-electron chi connectivity index (χ0n) is 10.4. The van der Waals surface area contributed by atoms with Crippen molar-refractivity contribution in [2.45, 2.75) is 32.1 Å². The highest BCUT2D eigenvalue weighted by Crippen LogP contribution is 2.32. The van der Waals surface area contributed by atoms with Crippen molar-refractivity contribution in [1.29, 1.82) is 0 Å². The van der Waals surface area contributed by atoms with Crippen LogP contribution in [-0.2, 0) is 17.6 Å². The van der Waals surface area contributed by atoms with Crippen LogP contribution in [0.2, 0.25) is 0 Å². The summed E-state index contributed by atoms with van der Waals surface area (Å²) in [6, 6.07) is 4.38. The lowest BCUT2D eigenvalue weighted by atomic mass is 9.81. The molecule has 0 aliphatic heterocycles. The Morgan fingerprint density at radius 3 is 2.94 bits per heavy atom. The van der Waals surface area contributed by atoms with Crippen LogP contribution < -0.4 is 10.4 Å². The molecule has 0 N–H and O–H groups in total. The topological polar surface area (TPSA) is 17.1 Å². The van der Waals surface area contributed by atoms with Crippen molar-refractivity contribution in [3.63, 3.8) is 0 Å². The van der Waals surface area contributed by atoms with E-state index < -0.39 is 0 Å². The average molecular weight is 236 g/mol. The van der Waals surface area contributed by atoms with E-state index in [9.17, 15) is 4.79 Å². The molecule has 0 radical (unpaired) electrons. The van der Waals surface area contributed by atoms with E-state index in [-0.39, 0.29) is 5.78 Å². The summed E-state index contributed by atoms with van der Waals surface area (Å²) in [5, 5.41) is 2.63. The van der Waals surface area contributed by atoms with E-state index in [1.165, 1.54) is 46.4 Å². The van der Waals surface area contributed by atoms with Crippen molar-refractivity contribution in [2.75, 3.05) is 0 Å². The minimum Gasteiger partial charge on any atom is -0.295 e. The maximum atomic E-state index is 11.5. The van der Waals surface area contributed by atoms with Gasteiger partial charge in [-0.15, -0.1) is 0 Å². The van der Waals surface area contributed by atoms with Crippen LogP contribution in [0.5, 0.6) is 0 Å². The smallest absolute Gasteiger partial charge is 0.156 e. The summed E-state index contributed by atoms with van der Waals surface area (Å²) in [5.41, 5.74) is 4.50. The zero-order valence-corrected chi connectivity index (χ0v) is 10.4. The highest BCUT2D eigenvalue weighted by atomic mass is 16.1. The Kier molecular flexibility index (Phi) is 2.11. The number of benzene rings is 1. The minimum absolute atomic E-state index is 0.282. The molecule has 0 heterocycles. The van der Waals surface area contributed by atoms with Gasteiger partial charge in [-0.05, 0) is 64.8 Å². The first-order valence-electron chi connectivity index (χ1n) is 6.89.